The summed E-state index contributed by atoms with van der Waals surface area (Å²) in [5, 5.41) is 0. The Hall–Kier alpha value is 1.72. The third-order valence-electron chi connectivity index (χ3n) is 18.5. The van der Waals surface area contributed by atoms with Crippen molar-refractivity contribution in [2.45, 2.75) is 240 Å². The van der Waals surface area contributed by atoms with E-state index >= 15 is 0 Å². The second kappa shape index (κ2) is 29.4. The van der Waals surface area contributed by atoms with Gasteiger partial charge in [-0.05, 0) is 215 Å². The Morgan fingerprint density at radius 2 is 0.886 bits per heavy atom. The Morgan fingerprint density at radius 3 is 1.28 bits per heavy atom. The molecule has 0 radical (unpaired) electrons. The van der Waals surface area contributed by atoms with Crippen molar-refractivity contribution in [2.75, 3.05) is 0 Å². The standard InChI is InChI=1S/C58H117IO10Si10/c1-44(2)37-70-61-71(38-45(3)4)64-78(41-48(9)10,69-79(60-59,42-49(11)12)68-76(17,18)30-27-58-36-52-21-24-55(58)33-52)43-77(40-47(7)8,67-75(15,16)29-26-57-35-51-20-23-54(57)32-51)65-72(39-46(5)6)63-73(62-70)66-74(13,14)28-25-56-34-50-19-22-53(56)31-50/h19-24,44-58,70-73H,25-43H2,1-18H3. The maximum Gasteiger partial charge on any atom is 0.491 e. The highest BCUT2D eigenvalue weighted by Gasteiger charge is 2.62. The van der Waals surface area contributed by atoms with Crippen LogP contribution in [0.15, 0.2) is 36.5 Å². The maximum atomic E-state index is 8.44. The molecule has 79 heavy (non-hydrogen) atoms. The Labute approximate surface area is 512 Å². The Bertz CT molecular complexity index is 2000. The third-order valence-corrected chi connectivity index (χ3v) is 63.1. The highest BCUT2D eigenvalue weighted by Crippen LogP contribution is 2.50. The van der Waals surface area contributed by atoms with E-state index in [0.29, 0.717) is 35.3 Å². The predicted molar refractivity (Wildman–Crippen MR) is 361 cm³/mol. The molecule has 0 N–H and O–H groups in total. The molecular weight excluding hydrogens is 1260 g/mol. The van der Waals surface area contributed by atoms with Crippen LogP contribution in [0.3, 0.4) is 0 Å². The molecule has 0 aromatic heterocycles. The summed E-state index contributed by atoms with van der Waals surface area (Å²) in [6, 6.07) is 8.29. The molecule has 10 nitrogen and oxygen atoms in total. The minimum atomic E-state index is -3.52. The topological polar surface area (TPSA) is 92.3 Å². The molecule has 16 atom stereocenters. The van der Waals surface area contributed by atoms with Crippen LogP contribution in [0.25, 0.3) is 0 Å². The highest BCUT2D eigenvalue weighted by molar-refractivity contribution is 14.1. The molecule has 7 aliphatic rings. The first-order valence-corrected chi connectivity index (χ1v) is 55.7. The van der Waals surface area contributed by atoms with Crippen molar-refractivity contribution in [1.29, 1.82) is 0 Å². The first-order chi connectivity index (χ1) is 36.9. The van der Waals surface area contributed by atoms with Crippen molar-refractivity contribution in [3.8, 4) is 0 Å². The number of hydrogen-bond acceptors (Lipinski definition) is 10. The van der Waals surface area contributed by atoms with Crippen molar-refractivity contribution in [3.63, 3.8) is 0 Å². The molecule has 16 unspecified atom stereocenters. The summed E-state index contributed by atoms with van der Waals surface area (Å²) in [5.41, 5.74) is 0.664. The smallest absolute Gasteiger partial charge is 0.436 e. The Morgan fingerprint density at radius 1 is 0.481 bits per heavy atom. The largest absolute Gasteiger partial charge is 0.491 e. The van der Waals surface area contributed by atoms with Crippen LogP contribution in [0.4, 0.5) is 0 Å². The van der Waals surface area contributed by atoms with Crippen LogP contribution >= 0.6 is 23.0 Å². The number of allylic oxidation sites excluding steroid dienone is 6. The van der Waals surface area contributed by atoms with E-state index in [1.54, 1.807) is 0 Å². The molecule has 7 rings (SSSR count). The van der Waals surface area contributed by atoms with Crippen LogP contribution < -0.4 is 0 Å². The molecule has 6 bridgehead atoms. The van der Waals surface area contributed by atoms with E-state index in [0.717, 1.165) is 108 Å². The monoisotopic (exact) mass is 1380 g/mol. The minimum absolute atomic E-state index is 0.277. The minimum Gasteiger partial charge on any atom is -0.436 e. The molecule has 3 saturated carbocycles. The van der Waals surface area contributed by atoms with Crippen LogP contribution in [-0.2, 0) is 39.8 Å². The van der Waals surface area contributed by atoms with Gasteiger partial charge in [0, 0.05) is 11.7 Å². The molecule has 456 valence electrons. The normalized spacial score (nSPS) is 35.9. The summed E-state index contributed by atoms with van der Waals surface area (Å²) < 4.78 is 79.3. The average Bonchev–Trinajstić information content (AvgIpc) is 4.40. The van der Waals surface area contributed by atoms with E-state index in [1.807, 2.05) is 0 Å². The van der Waals surface area contributed by atoms with Gasteiger partial charge in [0.25, 0.3) is 0 Å². The molecule has 1 heterocycles. The van der Waals surface area contributed by atoms with Crippen molar-refractivity contribution < 1.29 is 39.8 Å². The van der Waals surface area contributed by atoms with Gasteiger partial charge in [-0.15, -0.1) is 0 Å². The fourth-order valence-corrected chi connectivity index (χ4v) is 66.5. The molecule has 0 amide bonds. The van der Waals surface area contributed by atoms with Crippen LogP contribution in [0.1, 0.15) is 141 Å². The van der Waals surface area contributed by atoms with E-state index < -0.39 is 88.3 Å². The van der Waals surface area contributed by atoms with Gasteiger partial charge >= 0.3 is 63.3 Å². The van der Waals surface area contributed by atoms with E-state index in [2.05, 4.69) is 182 Å². The van der Waals surface area contributed by atoms with E-state index in [9.17, 15) is 0 Å². The van der Waals surface area contributed by atoms with E-state index in [1.165, 1.54) is 57.8 Å². The fourth-order valence-electron chi connectivity index (χ4n) is 15.3. The second-order valence-corrected chi connectivity index (χ2v) is 65.4. The lowest BCUT2D eigenvalue weighted by Gasteiger charge is -2.49. The molecule has 0 aromatic rings. The lowest BCUT2D eigenvalue weighted by atomic mass is 9.91. The lowest BCUT2D eigenvalue weighted by molar-refractivity contribution is 0.213. The first-order valence-electron chi connectivity index (χ1n) is 32.4. The van der Waals surface area contributed by atoms with E-state index in [-0.39, 0.29) is 5.92 Å². The molecule has 6 aliphatic carbocycles. The quantitative estimate of drug-likeness (QED) is 0.0393. The highest BCUT2D eigenvalue weighted by atomic mass is 127. The first kappa shape index (κ1) is 68.2. The van der Waals surface area contributed by atoms with Gasteiger partial charge in [-0.2, -0.15) is 0 Å². The zero-order valence-corrected chi connectivity index (χ0v) is 66.1. The van der Waals surface area contributed by atoms with Gasteiger partial charge in [0.1, 0.15) is 23.0 Å². The molecule has 0 spiro atoms. The zero-order valence-electron chi connectivity index (χ0n) is 53.3. The van der Waals surface area contributed by atoms with Crippen molar-refractivity contribution >= 4 is 111 Å². The van der Waals surface area contributed by atoms with Gasteiger partial charge in [-0.25, -0.2) is 0 Å². The number of hydrogen-bond donors (Lipinski definition) is 0. The SMILES string of the molecule is CC(C)C[SiH]1O[SiH](CC(C)C)O[Si](CC(C)C)(O[Si](CC(C)C)(OI)O[Si](C)(C)CCC2CC3C=CC2C3)C[Si](CC(C)C)(O[Si](C)(C)CCC2CC3C=CC2C3)O[SiH](CC(C)C)O[SiH](O[Si](C)(C)CCC2CC3C=CC2C3)O1. The summed E-state index contributed by atoms with van der Waals surface area (Å²) in [7, 11) is -27.9. The summed E-state index contributed by atoms with van der Waals surface area (Å²) >= 11 is 2.20. The molecular formula is C58H117IO10Si10. The Kier molecular flexibility index (Phi) is 25.3. The van der Waals surface area contributed by atoms with Gasteiger partial charge in [-0.3, -0.25) is 0 Å². The molecule has 21 heteroatoms. The van der Waals surface area contributed by atoms with Gasteiger partial charge in [0.2, 0.25) is 0 Å². The van der Waals surface area contributed by atoms with Gasteiger partial charge in [0.05, 0.1) is 0 Å². The van der Waals surface area contributed by atoms with Crippen LogP contribution in [0, 0.1) is 88.8 Å². The van der Waals surface area contributed by atoms with Gasteiger partial charge < -0.3 is 39.8 Å². The fraction of sp³-hybridized carbons (Fsp3) is 0.897. The summed E-state index contributed by atoms with van der Waals surface area (Å²) in [6.07, 6.45) is 26.6. The number of fused-ring (bicyclic) bond motifs is 6. The third kappa shape index (κ3) is 20.9. The average molecular weight is 1380 g/mol. The van der Waals surface area contributed by atoms with E-state index in [4.69, 9.17) is 39.8 Å². The van der Waals surface area contributed by atoms with Crippen molar-refractivity contribution in [3.05, 3.63) is 36.5 Å². The van der Waals surface area contributed by atoms with Crippen LogP contribution in [0.5, 0.6) is 0 Å². The van der Waals surface area contributed by atoms with Crippen LogP contribution in [0.2, 0.25) is 99.3 Å². The summed E-state index contributed by atoms with van der Waals surface area (Å²) in [6.45, 7) is 43.0. The lowest BCUT2D eigenvalue weighted by Crippen LogP contribution is -2.67. The van der Waals surface area contributed by atoms with Gasteiger partial charge in [-0.1, -0.05) is 139 Å². The van der Waals surface area contributed by atoms with Crippen molar-refractivity contribution in [2.24, 2.45) is 88.8 Å². The molecule has 1 saturated heterocycles. The maximum absolute atomic E-state index is 8.44. The summed E-state index contributed by atoms with van der Waals surface area (Å²) in [5.74, 6) is 8.71. The zero-order chi connectivity index (χ0) is 57.7. The number of rotatable bonds is 30. The Balaban J connectivity index is 1.34. The second-order valence-electron chi connectivity index (χ2n) is 31.1. The predicted octanol–water partition coefficient (Wildman–Crippen LogP) is 16.6. The van der Waals surface area contributed by atoms with Gasteiger partial charge in [0.15, 0.2) is 25.0 Å². The number of halogens is 1. The molecule has 0 aromatic carbocycles. The van der Waals surface area contributed by atoms with Crippen molar-refractivity contribution in [1.82, 2.24) is 0 Å². The molecule has 4 fully saturated rings. The van der Waals surface area contributed by atoms with Crippen LogP contribution in [-0.4, -0.2) is 88.3 Å². The summed E-state index contributed by atoms with van der Waals surface area (Å²) in [4.78, 5) is 0. The molecule has 1 aliphatic heterocycles.